The fraction of sp³-hybridized carbons (Fsp3) is 0.118. The molecule has 0 aliphatic heterocycles. The van der Waals surface area contributed by atoms with Crippen molar-refractivity contribution < 1.29 is 0 Å². The van der Waals surface area contributed by atoms with Gasteiger partial charge in [0.25, 0.3) is 0 Å². The van der Waals surface area contributed by atoms with Gasteiger partial charge in [-0.2, -0.15) is 15.6 Å². The fourth-order valence-corrected chi connectivity index (χ4v) is 2.28. The van der Waals surface area contributed by atoms with Gasteiger partial charge in [-0.15, -0.1) is 5.10 Å². The molecule has 0 spiro atoms. The summed E-state index contributed by atoms with van der Waals surface area (Å²) in [5.74, 6) is 0. The van der Waals surface area contributed by atoms with Crippen LogP contribution >= 0.6 is 0 Å². The molecular weight excluding hydrogens is 260 g/mol. The van der Waals surface area contributed by atoms with Crippen molar-refractivity contribution in [1.82, 2.24) is 15.4 Å². The fourth-order valence-electron chi connectivity index (χ4n) is 2.28. The first-order chi connectivity index (χ1) is 10.2. The number of benzene rings is 2. The second-order valence-corrected chi connectivity index (χ2v) is 5.01. The maximum atomic E-state index is 9.05. The Morgan fingerprint density at radius 1 is 0.905 bits per heavy atom. The first-order valence-corrected chi connectivity index (χ1v) is 6.68. The predicted octanol–water partition coefficient (Wildman–Crippen LogP) is 3.63. The van der Waals surface area contributed by atoms with E-state index in [1.165, 1.54) is 11.1 Å². The molecule has 0 aliphatic rings. The lowest BCUT2D eigenvalue weighted by atomic mass is 9.98. The van der Waals surface area contributed by atoms with Crippen molar-refractivity contribution in [1.29, 1.82) is 5.26 Å². The summed E-state index contributed by atoms with van der Waals surface area (Å²) in [6.07, 6.45) is 0. The van der Waals surface area contributed by atoms with E-state index in [-0.39, 0.29) is 0 Å². The second kappa shape index (κ2) is 5.22. The highest BCUT2D eigenvalue weighted by atomic mass is 15.3. The van der Waals surface area contributed by atoms with Crippen molar-refractivity contribution in [3.8, 4) is 28.5 Å². The van der Waals surface area contributed by atoms with Crippen molar-refractivity contribution in [2.24, 2.45) is 0 Å². The molecule has 0 aliphatic carbocycles. The van der Waals surface area contributed by atoms with E-state index in [9.17, 15) is 0 Å². The summed E-state index contributed by atoms with van der Waals surface area (Å²) in [5, 5.41) is 19.5. The topological polar surface area (TPSA) is 65.4 Å². The van der Waals surface area contributed by atoms with Gasteiger partial charge in [0.2, 0.25) is 0 Å². The normalized spacial score (nSPS) is 10.3. The standard InChI is InChI=1S/C17H14N4/c1-11-6-7-14(8-12(11)2)13-4-3-5-15(9-13)17-16(10-18)19-21-20-17/h3-9H,1-2H3,(H,19,20,21). The molecule has 21 heavy (non-hydrogen) atoms. The maximum absolute atomic E-state index is 9.05. The zero-order chi connectivity index (χ0) is 14.8. The number of nitriles is 1. The number of aryl methyl sites for hydroxylation is 2. The number of rotatable bonds is 2. The zero-order valence-electron chi connectivity index (χ0n) is 11.9. The lowest BCUT2D eigenvalue weighted by molar-refractivity contribution is 0.937. The van der Waals surface area contributed by atoms with Gasteiger partial charge in [0.1, 0.15) is 11.8 Å². The van der Waals surface area contributed by atoms with Gasteiger partial charge in [0, 0.05) is 5.56 Å². The average Bonchev–Trinajstić information content (AvgIpc) is 2.99. The third kappa shape index (κ3) is 2.41. The minimum absolute atomic E-state index is 0.312. The molecule has 0 saturated heterocycles. The van der Waals surface area contributed by atoms with Crippen LogP contribution in [0.1, 0.15) is 16.8 Å². The first kappa shape index (κ1) is 13.1. The Morgan fingerprint density at radius 2 is 1.67 bits per heavy atom. The van der Waals surface area contributed by atoms with Gasteiger partial charge < -0.3 is 0 Å². The molecule has 3 aromatic rings. The molecular formula is C17H14N4. The predicted molar refractivity (Wildman–Crippen MR) is 81.4 cm³/mol. The van der Waals surface area contributed by atoms with Crippen LogP contribution in [0, 0.1) is 25.2 Å². The van der Waals surface area contributed by atoms with Gasteiger partial charge in [-0.3, -0.25) is 0 Å². The highest BCUT2D eigenvalue weighted by Crippen LogP contribution is 2.27. The van der Waals surface area contributed by atoms with Crippen LogP contribution in [0.3, 0.4) is 0 Å². The molecule has 3 rings (SSSR count). The van der Waals surface area contributed by atoms with E-state index in [0.717, 1.165) is 16.7 Å². The third-order valence-electron chi connectivity index (χ3n) is 3.63. The Balaban J connectivity index is 2.08. The highest BCUT2D eigenvalue weighted by Gasteiger charge is 2.10. The maximum Gasteiger partial charge on any atom is 0.190 e. The molecule has 0 amide bonds. The number of H-pyrrole nitrogens is 1. The Hall–Kier alpha value is -2.93. The summed E-state index contributed by atoms with van der Waals surface area (Å²) in [4.78, 5) is 0. The van der Waals surface area contributed by atoms with E-state index in [1.807, 2.05) is 24.3 Å². The van der Waals surface area contributed by atoms with Gasteiger partial charge in [0.05, 0.1) is 0 Å². The SMILES string of the molecule is Cc1ccc(-c2cccc(-c3n[nH]nc3C#N)c2)cc1C. The van der Waals surface area contributed by atoms with Crippen LogP contribution in [-0.2, 0) is 0 Å². The van der Waals surface area contributed by atoms with E-state index in [0.29, 0.717) is 11.4 Å². The van der Waals surface area contributed by atoms with Gasteiger partial charge in [0.15, 0.2) is 5.69 Å². The monoisotopic (exact) mass is 274 g/mol. The van der Waals surface area contributed by atoms with E-state index < -0.39 is 0 Å². The molecule has 1 aromatic heterocycles. The molecule has 0 unspecified atom stereocenters. The van der Waals surface area contributed by atoms with Crippen molar-refractivity contribution in [2.45, 2.75) is 13.8 Å². The molecule has 0 saturated carbocycles. The van der Waals surface area contributed by atoms with E-state index in [4.69, 9.17) is 5.26 Å². The van der Waals surface area contributed by atoms with Crippen LogP contribution < -0.4 is 0 Å². The Bertz CT molecular complexity index is 840. The minimum Gasteiger partial charge on any atom is -0.196 e. The summed E-state index contributed by atoms with van der Waals surface area (Å²) >= 11 is 0. The van der Waals surface area contributed by atoms with E-state index in [2.05, 4.69) is 53.5 Å². The molecule has 102 valence electrons. The Kier molecular flexibility index (Phi) is 3.25. The third-order valence-corrected chi connectivity index (χ3v) is 3.63. The summed E-state index contributed by atoms with van der Waals surface area (Å²) in [6, 6.07) is 16.4. The lowest BCUT2D eigenvalue weighted by Gasteiger charge is -2.07. The number of aromatic amines is 1. The second-order valence-electron chi connectivity index (χ2n) is 5.01. The van der Waals surface area contributed by atoms with Crippen LogP contribution in [0.25, 0.3) is 22.4 Å². The van der Waals surface area contributed by atoms with Gasteiger partial charge >= 0.3 is 0 Å². The van der Waals surface area contributed by atoms with Gasteiger partial charge in [-0.05, 0) is 42.2 Å². The van der Waals surface area contributed by atoms with Crippen molar-refractivity contribution in [2.75, 3.05) is 0 Å². The summed E-state index contributed by atoms with van der Waals surface area (Å²) < 4.78 is 0. The Labute approximate surface area is 123 Å². The number of hydrogen-bond acceptors (Lipinski definition) is 3. The summed E-state index contributed by atoms with van der Waals surface area (Å²) in [5.41, 5.74) is 6.58. The summed E-state index contributed by atoms with van der Waals surface area (Å²) in [6.45, 7) is 4.21. The number of nitrogens with one attached hydrogen (secondary N) is 1. The average molecular weight is 274 g/mol. The minimum atomic E-state index is 0.312. The largest absolute Gasteiger partial charge is 0.196 e. The van der Waals surface area contributed by atoms with Crippen LogP contribution in [0.5, 0.6) is 0 Å². The number of nitrogens with zero attached hydrogens (tertiary/aromatic N) is 3. The molecule has 4 heteroatoms. The van der Waals surface area contributed by atoms with Crippen LogP contribution in [0.4, 0.5) is 0 Å². The highest BCUT2D eigenvalue weighted by molar-refractivity contribution is 5.73. The molecule has 0 bridgehead atoms. The molecule has 0 fully saturated rings. The van der Waals surface area contributed by atoms with Crippen molar-refractivity contribution >= 4 is 0 Å². The zero-order valence-corrected chi connectivity index (χ0v) is 11.9. The molecule has 4 nitrogen and oxygen atoms in total. The lowest BCUT2D eigenvalue weighted by Crippen LogP contribution is -1.86. The Morgan fingerprint density at radius 3 is 2.43 bits per heavy atom. The van der Waals surface area contributed by atoms with Crippen molar-refractivity contribution in [3.05, 3.63) is 59.3 Å². The van der Waals surface area contributed by atoms with Crippen molar-refractivity contribution in [3.63, 3.8) is 0 Å². The number of hydrogen-bond donors (Lipinski definition) is 1. The van der Waals surface area contributed by atoms with E-state index >= 15 is 0 Å². The van der Waals surface area contributed by atoms with Crippen LogP contribution in [0.15, 0.2) is 42.5 Å². The first-order valence-electron chi connectivity index (χ1n) is 6.68. The van der Waals surface area contributed by atoms with Crippen LogP contribution in [0.2, 0.25) is 0 Å². The molecule has 1 heterocycles. The quantitative estimate of drug-likeness (QED) is 0.776. The molecule has 0 atom stereocenters. The molecule has 0 radical (unpaired) electrons. The summed E-state index contributed by atoms with van der Waals surface area (Å²) in [7, 11) is 0. The van der Waals surface area contributed by atoms with E-state index in [1.54, 1.807) is 0 Å². The van der Waals surface area contributed by atoms with Crippen LogP contribution in [-0.4, -0.2) is 15.4 Å². The van der Waals surface area contributed by atoms with Gasteiger partial charge in [-0.1, -0.05) is 36.4 Å². The number of aromatic nitrogens is 3. The smallest absolute Gasteiger partial charge is 0.190 e. The molecule has 2 aromatic carbocycles. The molecule has 1 N–H and O–H groups in total. The van der Waals surface area contributed by atoms with Gasteiger partial charge in [-0.25, -0.2) is 0 Å².